The predicted octanol–water partition coefficient (Wildman–Crippen LogP) is 1.52. The molecule has 0 bridgehead atoms. The van der Waals surface area contributed by atoms with Crippen LogP contribution in [0.2, 0.25) is 0 Å². The fourth-order valence-corrected chi connectivity index (χ4v) is 2.54. The highest BCUT2D eigenvalue weighted by atomic mass is 16.2. The fourth-order valence-electron chi connectivity index (χ4n) is 2.54. The van der Waals surface area contributed by atoms with Crippen LogP contribution in [0.3, 0.4) is 0 Å². The van der Waals surface area contributed by atoms with Crippen molar-refractivity contribution in [2.24, 2.45) is 5.92 Å². The number of anilines is 1. The number of hydrogen-bond donors (Lipinski definition) is 1. The molecular weight excluding hydrogens is 242 g/mol. The maximum absolute atomic E-state index is 12.3. The monoisotopic (exact) mass is 253 g/mol. The molecule has 1 N–H and O–H groups in total. The zero-order valence-corrected chi connectivity index (χ0v) is 10.3. The van der Waals surface area contributed by atoms with Gasteiger partial charge < -0.3 is 5.32 Å². The van der Waals surface area contributed by atoms with E-state index in [9.17, 15) is 9.59 Å². The molecule has 1 heterocycles. The number of benzene rings is 1. The van der Waals surface area contributed by atoms with Crippen LogP contribution < -0.4 is 5.32 Å². The number of carbonyl (C=O) groups excluding carboxylic acids is 2. The number of ketones is 1. The predicted molar refractivity (Wildman–Crippen MR) is 66.8 cm³/mol. The third kappa shape index (κ3) is 1.76. The Morgan fingerprint density at radius 2 is 2.00 bits per heavy atom. The number of Topliss-reactive ketones (excluding diaryl/α,β-unsaturated/α-hetero) is 1. The summed E-state index contributed by atoms with van der Waals surface area (Å²) in [6.45, 7) is 1.35. The van der Waals surface area contributed by atoms with Crippen molar-refractivity contribution in [3.8, 4) is 12.1 Å². The molecule has 0 aliphatic carbocycles. The summed E-state index contributed by atoms with van der Waals surface area (Å²) in [7, 11) is 0. The summed E-state index contributed by atoms with van der Waals surface area (Å²) >= 11 is 0. The molecule has 0 unspecified atom stereocenters. The van der Waals surface area contributed by atoms with Gasteiger partial charge in [0.25, 0.3) is 0 Å². The summed E-state index contributed by atoms with van der Waals surface area (Å²) in [5.74, 6) is -1.89. The summed E-state index contributed by atoms with van der Waals surface area (Å²) in [4.78, 5) is 23.8. The number of rotatable bonds is 3. The minimum absolute atomic E-state index is 0.151. The van der Waals surface area contributed by atoms with Gasteiger partial charge in [-0.2, -0.15) is 10.5 Å². The minimum atomic E-state index is -1.40. The number of hydrogen-bond acceptors (Lipinski definition) is 4. The van der Waals surface area contributed by atoms with Crippen LogP contribution in [0, 0.1) is 28.6 Å². The summed E-state index contributed by atoms with van der Waals surface area (Å²) in [6, 6.07) is 10.5. The molecule has 0 radical (unpaired) electrons. The Morgan fingerprint density at radius 1 is 1.37 bits per heavy atom. The number of nitrogens with one attached hydrogen (secondary N) is 1. The van der Waals surface area contributed by atoms with Crippen molar-refractivity contribution in [1.29, 1.82) is 10.5 Å². The normalized spacial score (nSPS) is 20.3. The molecule has 1 aliphatic heterocycles. The van der Waals surface area contributed by atoms with E-state index in [1.54, 1.807) is 24.3 Å². The van der Waals surface area contributed by atoms with Crippen LogP contribution >= 0.6 is 0 Å². The standard InChI is InChI=1S/C14H11N3O2/c1-9(18)6-14(10(7-15)8-16)11-4-2-3-5-12(11)17-13(14)19/h2-5,10H,6H2,1H3,(H,17,19)/t14-/m1/s1. The summed E-state index contributed by atoms with van der Waals surface area (Å²) in [6.07, 6.45) is -0.151. The summed E-state index contributed by atoms with van der Waals surface area (Å²) in [5.41, 5.74) is -0.293. The highest BCUT2D eigenvalue weighted by Gasteiger charge is 2.53. The SMILES string of the molecule is CC(=O)C[C@]1(C(C#N)C#N)C(=O)Nc2ccccc21. The Hall–Kier alpha value is -2.66. The number of carbonyl (C=O) groups is 2. The molecule has 19 heavy (non-hydrogen) atoms. The van der Waals surface area contributed by atoms with E-state index in [1.807, 2.05) is 12.1 Å². The van der Waals surface area contributed by atoms with E-state index in [0.717, 1.165) is 0 Å². The Morgan fingerprint density at radius 3 is 2.58 bits per heavy atom. The van der Waals surface area contributed by atoms with Gasteiger partial charge in [0, 0.05) is 12.1 Å². The minimum Gasteiger partial charge on any atom is -0.325 e. The van der Waals surface area contributed by atoms with E-state index in [4.69, 9.17) is 10.5 Å². The Labute approximate surface area is 110 Å². The fraction of sp³-hybridized carbons (Fsp3) is 0.286. The van der Waals surface area contributed by atoms with Crippen LogP contribution in [0.1, 0.15) is 18.9 Å². The van der Waals surface area contributed by atoms with Gasteiger partial charge in [-0.25, -0.2) is 0 Å². The van der Waals surface area contributed by atoms with Gasteiger partial charge in [0.1, 0.15) is 11.2 Å². The molecule has 0 saturated heterocycles. The van der Waals surface area contributed by atoms with Crippen LogP contribution in [-0.2, 0) is 15.0 Å². The first-order valence-corrected chi connectivity index (χ1v) is 5.76. The van der Waals surface area contributed by atoms with Gasteiger partial charge in [-0.15, -0.1) is 0 Å². The summed E-state index contributed by atoms with van der Waals surface area (Å²) < 4.78 is 0. The zero-order valence-electron chi connectivity index (χ0n) is 10.3. The average molecular weight is 253 g/mol. The number of nitrogens with zero attached hydrogens (tertiary/aromatic N) is 2. The van der Waals surface area contributed by atoms with Crippen LogP contribution in [0.4, 0.5) is 5.69 Å². The first kappa shape index (κ1) is 12.8. The molecule has 1 amide bonds. The second-order valence-corrected chi connectivity index (χ2v) is 4.54. The molecule has 1 atom stereocenters. The molecule has 0 spiro atoms. The third-order valence-electron chi connectivity index (χ3n) is 3.34. The smallest absolute Gasteiger partial charge is 0.238 e. The van der Waals surface area contributed by atoms with Gasteiger partial charge >= 0.3 is 0 Å². The van der Waals surface area contributed by atoms with E-state index < -0.39 is 17.2 Å². The van der Waals surface area contributed by atoms with Gasteiger partial charge in [0.2, 0.25) is 5.91 Å². The van der Waals surface area contributed by atoms with Gasteiger partial charge in [-0.1, -0.05) is 18.2 Å². The maximum atomic E-state index is 12.3. The van der Waals surface area contributed by atoms with E-state index in [2.05, 4.69) is 5.32 Å². The Kier molecular flexibility index (Phi) is 3.06. The molecule has 5 nitrogen and oxygen atoms in total. The van der Waals surface area contributed by atoms with Crippen LogP contribution in [0.25, 0.3) is 0 Å². The highest BCUT2D eigenvalue weighted by Crippen LogP contribution is 2.45. The van der Waals surface area contributed by atoms with E-state index in [-0.39, 0.29) is 12.2 Å². The lowest BCUT2D eigenvalue weighted by Gasteiger charge is -2.26. The number of fused-ring (bicyclic) bond motifs is 1. The molecule has 0 fully saturated rings. The van der Waals surface area contributed by atoms with Crippen molar-refractivity contribution in [3.05, 3.63) is 29.8 Å². The van der Waals surface area contributed by atoms with E-state index in [1.165, 1.54) is 6.92 Å². The molecule has 1 aromatic rings. The largest absolute Gasteiger partial charge is 0.325 e. The van der Waals surface area contributed by atoms with Crippen molar-refractivity contribution >= 4 is 17.4 Å². The number of nitriles is 2. The molecule has 94 valence electrons. The van der Waals surface area contributed by atoms with Gasteiger partial charge in [-0.05, 0) is 18.6 Å². The van der Waals surface area contributed by atoms with Crippen molar-refractivity contribution in [2.45, 2.75) is 18.8 Å². The molecule has 1 aromatic carbocycles. The van der Waals surface area contributed by atoms with Crippen molar-refractivity contribution in [2.75, 3.05) is 5.32 Å². The zero-order chi connectivity index (χ0) is 14.0. The first-order valence-electron chi connectivity index (χ1n) is 5.76. The average Bonchev–Trinajstić information content (AvgIpc) is 2.64. The lowest BCUT2D eigenvalue weighted by Crippen LogP contribution is -2.42. The van der Waals surface area contributed by atoms with Crippen molar-refractivity contribution < 1.29 is 9.59 Å². The molecule has 5 heteroatoms. The molecule has 1 aliphatic rings. The first-order chi connectivity index (χ1) is 9.06. The second-order valence-electron chi connectivity index (χ2n) is 4.54. The maximum Gasteiger partial charge on any atom is 0.238 e. The molecule has 0 saturated carbocycles. The van der Waals surface area contributed by atoms with E-state index >= 15 is 0 Å². The van der Waals surface area contributed by atoms with Gasteiger partial charge in [-0.3, -0.25) is 9.59 Å². The quantitative estimate of drug-likeness (QED) is 0.883. The summed E-state index contributed by atoms with van der Waals surface area (Å²) in [5, 5.41) is 20.9. The Balaban J connectivity index is 2.69. The van der Waals surface area contributed by atoms with Crippen molar-refractivity contribution in [3.63, 3.8) is 0 Å². The Bertz CT molecular complexity index is 625. The number of para-hydroxylation sites is 1. The van der Waals surface area contributed by atoms with E-state index in [0.29, 0.717) is 11.3 Å². The van der Waals surface area contributed by atoms with Gasteiger partial charge in [0.05, 0.1) is 12.1 Å². The van der Waals surface area contributed by atoms with Crippen LogP contribution in [-0.4, -0.2) is 11.7 Å². The highest BCUT2D eigenvalue weighted by molar-refractivity contribution is 6.09. The third-order valence-corrected chi connectivity index (χ3v) is 3.34. The number of amides is 1. The van der Waals surface area contributed by atoms with Gasteiger partial charge in [0.15, 0.2) is 5.92 Å². The molecule has 2 rings (SSSR count). The topological polar surface area (TPSA) is 93.8 Å². The molecule has 0 aromatic heterocycles. The van der Waals surface area contributed by atoms with Crippen LogP contribution in [0.15, 0.2) is 24.3 Å². The lowest BCUT2D eigenvalue weighted by molar-refractivity contribution is -0.127. The second kappa shape index (κ2) is 4.55. The lowest BCUT2D eigenvalue weighted by atomic mass is 9.69. The molecular formula is C14H11N3O2. The van der Waals surface area contributed by atoms with Crippen LogP contribution in [0.5, 0.6) is 0 Å². The van der Waals surface area contributed by atoms with Crippen molar-refractivity contribution in [1.82, 2.24) is 0 Å².